The zero-order valence-corrected chi connectivity index (χ0v) is 15.5. The Hall–Kier alpha value is -2.95. The largest absolute Gasteiger partial charge is 0.352 e. The van der Waals surface area contributed by atoms with Crippen LogP contribution in [0.15, 0.2) is 48.5 Å². The van der Waals surface area contributed by atoms with Crippen molar-refractivity contribution in [2.45, 2.75) is 32.6 Å². The fourth-order valence-corrected chi connectivity index (χ4v) is 3.20. The Bertz CT molecular complexity index is 846. The summed E-state index contributed by atoms with van der Waals surface area (Å²) in [6.45, 7) is 3.04. The van der Waals surface area contributed by atoms with Gasteiger partial charge in [0.25, 0.3) is 17.7 Å². The summed E-state index contributed by atoms with van der Waals surface area (Å²) < 4.78 is 0. The number of imide groups is 1. The number of carbonyl (C=O) groups is 3. The highest BCUT2D eigenvalue weighted by Gasteiger charge is 2.35. The van der Waals surface area contributed by atoms with Gasteiger partial charge in [0.2, 0.25) is 0 Å². The minimum Gasteiger partial charge on any atom is -0.352 e. The molecule has 3 amide bonds. The first-order valence-electron chi connectivity index (χ1n) is 9.44. The molecule has 1 aliphatic heterocycles. The Morgan fingerprint density at radius 1 is 0.963 bits per heavy atom. The van der Waals surface area contributed by atoms with Crippen LogP contribution in [-0.4, -0.2) is 35.7 Å². The van der Waals surface area contributed by atoms with E-state index >= 15 is 0 Å². The van der Waals surface area contributed by atoms with E-state index in [4.69, 9.17) is 0 Å². The van der Waals surface area contributed by atoms with E-state index in [-0.39, 0.29) is 17.7 Å². The number of nitrogens with one attached hydrogen (secondary N) is 1. The summed E-state index contributed by atoms with van der Waals surface area (Å²) in [7, 11) is 0. The molecule has 5 heteroatoms. The van der Waals surface area contributed by atoms with Crippen molar-refractivity contribution >= 4 is 17.7 Å². The minimum absolute atomic E-state index is 0.211. The molecule has 0 aromatic heterocycles. The van der Waals surface area contributed by atoms with Gasteiger partial charge in [-0.1, -0.05) is 50.1 Å². The molecule has 0 saturated heterocycles. The number of unbranched alkanes of at least 4 members (excludes halogenated alkanes) is 2. The van der Waals surface area contributed by atoms with Gasteiger partial charge in [-0.25, -0.2) is 0 Å². The summed E-state index contributed by atoms with van der Waals surface area (Å²) in [5.41, 5.74) is 2.17. The molecular weight excluding hydrogens is 340 g/mol. The summed E-state index contributed by atoms with van der Waals surface area (Å²) >= 11 is 0. The van der Waals surface area contributed by atoms with Crippen molar-refractivity contribution < 1.29 is 14.4 Å². The molecular formula is C22H24N2O3. The predicted molar refractivity (Wildman–Crippen MR) is 104 cm³/mol. The Morgan fingerprint density at radius 3 is 2.44 bits per heavy atom. The van der Waals surface area contributed by atoms with E-state index in [1.165, 1.54) is 11.0 Å². The zero-order chi connectivity index (χ0) is 19.2. The van der Waals surface area contributed by atoms with Crippen molar-refractivity contribution in [2.75, 3.05) is 13.1 Å². The Balaban J connectivity index is 1.67. The van der Waals surface area contributed by atoms with Crippen molar-refractivity contribution in [3.05, 3.63) is 70.8 Å². The van der Waals surface area contributed by atoms with E-state index in [0.29, 0.717) is 36.2 Å². The maximum Gasteiger partial charge on any atom is 0.261 e. The molecule has 27 heavy (non-hydrogen) atoms. The highest BCUT2D eigenvalue weighted by molar-refractivity contribution is 6.22. The Labute approximate surface area is 159 Å². The lowest BCUT2D eigenvalue weighted by Crippen LogP contribution is -2.31. The summed E-state index contributed by atoms with van der Waals surface area (Å²) in [5.74, 6) is -0.829. The van der Waals surface area contributed by atoms with Gasteiger partial charge in [-0.3, -0.25) is 19.3 Å². The first kappa shape index (κ1) is 18.8. The number of hydrogen-bond donors (Lipinski definition) is 1. The van der Waals surface area contributed by atoms with Gasteiger partial charge in [-0.15, -0.1) is 0 Å². The maximum atomic E-state index is 12.7. The van der Waals surface area contributed by atoms with Crippen LogP contribution in [0.3, 0.4) is 0 Å². The van der Waals surface area contributed by atoms with Gasteiger partial charge in [-0.2, -0.15) is 0 Å². The van der Waals surface area contributed by atoms with Crippen LogP contribution in [0.25, 0.3) is 0 Å². The van der Waals surface area contributed by atoms with Crippen LogP contribution < -0.4 is 5.32 Å². The standard InChI is InChI=1S/C22H24N2O3/c1-2-3-7-13-23-20(25)17-10-11-18-19(15-17)22(27)24(21(18)26)14-12-16-8-5-4-6-9-16/h4-6,8-11,15H,2-3,7,12-14H2,1H3,(H,23,25). The average molecular weight is 364 g/mol. The van der Waals surface area contributed by atoms with Gasteiger partial charge in [0.15, 0.2) is 0 Å². The molecule has 2 aromatic carbocycles. The van der Waals surface area contributed by atoms with Crippen molar-refractivity contribution in [1.29, 1.82) is 0 Å². The summed E-state index contributed by atoms with van der Waals surface area (Å²) in [6, 6.07) is 14.5. The van der Waals surface area contributed by atoms with Gasteiger partial charge in [0.05, 0.1) is 11.1 Å². The average Bonchev–Trinajstić information content (AvgIpc) is 2.94. The SMILES string of the molecule is CCCCCNC(=O)c1ccc2c(c1)C(=O)N(CCc1ccccc1)C2=O. The van der Waals surface area contributed by atoms with Crippen LogP contribution in [0, 0.1) is 0 Å². The van der Waals surface area contributed by atoms with E-state index in [9.17, 15) is 14.4 Å². The normalized spacial score (nSPS) is 13.0. The third-order valence-electron chi connectivity index (χ3n) is 4.77. The predicted octanol–water partition coefficient (Wildman–Crippen LogP) is 3.45. The molecule has 1 aliphatic rings. The second-order valence-electron chi connectivity index (χ2n) is 6.72. The second kappa shape index (κ2) is 8.62. The van der Waals surface area contributed by atoms with Crippen molar-refractivity contribution in [2.24, 2.45) is 0 Å². The first-order valence-corrected chi connectivity index (χ1v) is 9.44. The Kier molecular flexibility index (Phi) is 6.01. The topological polar surface area (TPSA) is 66.5 Å². The lowest BCUT2D eigenvalue weighted by Gasteiger charge is -2.13. The van der Waals surface area contributed by atoms with Crippen LogP contribution in [0.4, 0.5) is 0 Å². The molecule has 1 heterocycles. The molecule has 0 atom stereocenters. The van der Waals surface area contributed by atoms with Gasteiger partial charge >= 0.3 is 0 Å². The first-order chi connectivity index (χ1) is 13.1. The monoisotopic (exact) mass is 364 g/mol. The molecule has 0 saturated carbocycles. The van der Waals surface area contributed by atoms with Crippen LogP contribution in [0.5, 0.6) is 0 Å². The fraction of sp³-hybridized carbons (Fsp3) is 0.318. The number of amides is 3. The smallest absolute Gasteiger partial charge is 0.261 e. The van der Waals surface area contributed by atoms with E-state index in [1.807, 2.05) is 30.3 Å². The summed E-state index contributed by atoms with van der Waals surface area (Å²) in [6.07, 6.45) is 3.69. The highest BCUT2D eigenvalue weighted by atomic mass is 16.2. The number of rotatable bonds is 8. The lowest BCUT2D eigenvalue weighted by molar-refractivity contribution is 0.0656. The van der Waals surface area contributed by atoms with Crippen LogP contribution in [-0.2, 0) is 6.42 Å². The van der Waals surface area contributed by atoms with Crippen LogP contribution in [0.2, 0.25) is 0 Å². The minimum atomic E-state index is -0.327. The van der Waals surface area contributed by atoms with Crippen molar-refractivity contribution in [3.63, 3.8) is 0 Å². The molecule has 0 unspecified atom stereocenters. The molecule has 140 valence electrons. The van der Waals surface area contributed by atoms with Gasteiger partial charge in [-0.05, 0) is 36.6 Å². The zero-order valence-electron chi connectivity index (χ0n) is 15.5. The summed E-state index contributed by atoms with van der Waals surface area (Å²) in [4.78, 5) is 38.8. The second-order valence-corrected chi connectivity index (χ2v) is 6.72. The third-order valence-corrected chi connectivity index (χ3v) is 4.77. The third kappa shape index (κ3) is 4.25. The number of carbonyl (C=O) groups excluding carboxylic acids is 3. The molecule has 0 spiro atoms. The van der Waals surface area contributed by atoms with Gasteiger partial charge in [0, 0.05) is 18.7 Å². The number of nitrogens with zero attached hydrogens (tertiary/aromatic N) is 1. The van der Waals surface area contributed by atoms with E-state index in [2.05, 4.69) is 12.2 Å². The van der Waals surface area contributed by atoms with Crippen LogP contribution in [0.1, 0.15) is 62.8 Å². The van der Waals surface area contributed by atoms with E-state index < -0.39 is 0 Å². The molecule has 5 nitrogen and oxygen atoms in total. The highest BCUT2D eigenvalue weighted by Crippen LogP contribution is 2.24. The van der Waals surface area contributed by atoms with Gasteiger partial charge in [0.1, 0.15) is 0 Å². The molecule has 0 fully saturated rings. The van der Waals surface area contributed by atoms with Crippen LogP contribution >= 0.6 is 0 Å². The molecule has 3 rings (SSSR count). The lowest BCUT2D eigenvalue weighted by atomic mass is 10.1. The molecule has 0 bridgehead atoms. The number of hydrogen-bond acceptors (Lipinski definition) is 3. The number of benzene rings is 2. The molecule has 0 radical (unpaired) electrons. The fourth-order valence-electron chi connectivity index (χ4n) is 3.20. The van der Waals surface area contributed by atoms with E-state index in [0.717, 1.165) is 24.8 Å². The Morgan fingerprint density at radius 2 is 1.70 bits per heavy atom. The van der Waals surface area contributed by atoms with Crippen molar-refractivity contribution in [1.82, 2.24) is 10.2 Å². The molecule has 0 aliphatic carbocycles. The quantitative estimate of drug-likeness (QED) is 0.576. The maximum absolute atomic E-state index is 12.7. The van der Waals surface area contributed by atoms with E-state index in [1.54, 1.807) is 12.1 Å². The van der Waals surface area contributed by atoms with Crippen molar-refractivity contribution in [3.8, 4) is 0 Å². The summed E-state index contributed by atoms with van der Waals surface area (Å²) in [5, 5.41) is 2.86. The molecule has 2 aromatic rings. The number of fused-ring (bicyclic) bond motifs is 1. The molecule has 1 N–H and O–H groups in total. The van der Waals surface area contributed by atoms with Gasteiger partial charge < -0.3 is 5.32 Å².